The quantitative estimate of drug-likeness (QED) is 0.366. The van der Waals surface area contributed by atoms with Crippen molar-refractivity contribution in [2.75, 3.05) is 26.1 Å². The van der Waals surface area contributed by atoms with Gasteiger partial charge < -0.3 is 14.8 Å². The second kappa shape index (κ2) is 8.95. The molecular formula is C16H16ClN5O6. The van der Waals surface area contributed by atoms with E-state index in [1.165, 1.54) is 20.3 Å². The predicted molar refractivity (Wildman–Crippen MR) is 103 cm³/mol. The van der Waals surface area contributed by atoms with Gasteiger partial charge in [0, 0.05) is 24.7 Å². The van der Waals surface area contributed by atoms with E-state index in [1.807, 2.05) is 6.92 Å². The second-order valence-electron chi connectivity index (χ2n) is 5.26. The third-order valence-electron chi connectivity index (χ3n) is 3.56. The molecule has 0 aliphatic heterocycles. The molecule has 148 valence electrons. The smallest absolute Gasteiger partial charge is 0.305 e. The highest BCUT2D eigenvalue weighted by atomic mass is 35.5. The second-order valence-corrected chi connectivity index (χ2v) is 5.67. The van der Waals surface area contributed by atoms with Crippen LogP contribution in [-0.2, 0) is 0 Å². The third kappa shape index (κ3) is 4.43. The number of nitrogens with one attached hydrogen (secondary N) is 1. The van der Waals surface area contributed by atoms with Crippen LogP contribution in [0.15, 0.2) is 34.5 Å². The fourth-order valence-corrected chi connectivity index (χ4v) is 2.55. The Hall–Kier alpha value is -3.47. The molecule has 0 bridgehead atoms. The predicted octanol–water partition coefficient (Wildman–Crippen LogP) is 5.02. The largest absolute Gasteiger partial charge is 0.495 e. The number of non-ortho nitro benzene ring substituents is 1. The Morgan fingerprint density at radius 1 is 1.04 bits per heavy atom. The van der Waals surface area contributed by atoms with Crippen LogP contribution >= 0.6 is 11.6 Å². The number of ether oxygens (including phenoxy) is 2. The van der Waals surface area contributed by atoms with Crippen molar-refractivity contribution >= 4 is 40.0 Å². The Balaban J connectivity index is 2.56. The topological polar surface area (TPSA) is 141 Å². The van der Waals surface area contributed by atoms with Gasteiger partial charge in [-0.1, -0.05) is 11.6 Å². The summed E-state index contributed by atoms with van der Waals surface area (Å²) in [7, 11) is 2.90. The number of halogens is 1. The molecule has 0 saturated carbocycles. The Morgan fingerprint density at radius 2 is 1.71 bits per heavy atom. The number of nitrogens with zero attached hydrogens (tertiary/aromatic N) is 4. The van der Waals surface area contributed by atoms with Gasteiger partial charge in [-0.25, -0.2) is 0 Å². The number of rotatable bonds is 8. The lowest BCUT2D eigenvalue weighted by Gasteiger charge is -2.13. The molecule has 0 aromatic heterocycles. The van der Waals surface area contributed by atoms with E-state index in [4.69, 9.17) is 21.1 Å². The molecule has 0 saturated heterocycles. The summed E-state index contributed by atoms with van der Waals surface area (Å²) in [6.45, 7) is 2.56. The minimum atomic E-state index is -0.820. The molecule has 0 spiro atoms. The highest BCUT2D eigenvalue weighted by molar-refractivity contribution is 6.33. The van der Waals surface area contributed by atoms with Crippen LogP contribution in [0.25, 0.3) is 0 Å². The SMILES string of the molecule is CCNc1cc(OC)c(N=Nc2c(Cl)cc([N+](=O)[O-])cc2[N+](=O)[O-])cc1OC. The molecule has 0 aliphatic rings. The van der Waals surface area contributed by atoms with Gasteiger partial charge >= 0.3 is 5.69 Å². The summed E-state index contributed by atoms with van der Waals surface area (Å²) >= 11 is 5.96. The fraction of sp³-hybridized carbons (Fsp3) is 0.250. The van der Waals surface area contributed by atoms with Gasteiger partial charge in [0.05, 0.1) is 40.8 Å². The first-order chi connectivity index (χ1) is 13.3. The highest BCUT2D eigenvalue weighted by Gasteiger charge is 2.24. The maximum absolute atomic E-state index is 11.3. The van der Waals surface area contributed by atoms with E-state index < -0.39 is 21.2 Å². The average molecular weight is 410 g/mol. The molecule has 0 fully saturated rings. The first kappa shape index (κ1) is 20.8. The van der Waals surface area contributed by atoms with E-state index in [0.717, 1.165) is 12.1 Å². The fourth-order valence-electron chi connectivity index (χ4n) is 2.31. The van der Waals surface area contributed by atoms with Crippen LogP contribution in [0.5, 0.6) is 11.5 Å². The zero-order valence-corrected chi connectivity index (χ0v) is 15.9. The first-order valence-corrected chi connectivity index (χ1v) is 8.24. The van der Waals surface area contributed by atoms with Crippen LogP contribution in [-0.4, -0.2) is 30.6 Å². The molecule has 0 aliphatic carbocycles. The lowest BCUT2D eigenvalue weighted by Crippen LogP contribution is -2.00. The first-order valence-electron chi connectivity index (χ1n) is 7.86. The van der Waals surface area contributed by atoms with Crippen molar-refractivity contribution in [1.82, 2.24) is 0 Å². The summed E-state index contributed by atoms with van der Waals surface area (Å²) in [6, 6.07) is 4.91. The van der Waals surface area contributed by atoms with E-state index in [0.29, 0.717) is 23.7 Å². The normalized spacial score (nSPS) is 10.7. The molecule has 2 aromatic carbocycles. The van der Waals surface area contributed by atoms with Gasteiger partial charge in [-0.15, -0.1) is 10.2 Å². The van der Waals surface area contributed by atoms with E-state index in [2.05, 4.69) is 15.5 Å². The molecular weight excluding hydrogens is 394 g/mol. The number of nitro groups is 2. The molecule has 2 rings (SSSR count). The molecule has 11 nitrogen and oxygen atoms in total. The Bertz CT molecular complexity index is 950. The summed E-state index contributed by atoms with van der Waals surface area (Å²) in [6.07, 6.45) is 0. The minimum absolute atomic E-state index is 0.227. The van der Waals surface area contributed by atoms with Crippen LogP contribution in [0.4, 0.5) is 28.4 Å². The number of hydrogen-bond donors (Lipinski definition) is 1. The zero-order chi connectivity index (χ0) is 20.8. The standard InChI is InChI=1S/C16H16ClN5O6/c1-4-18-11-7-15(28-3)12(8-14(11)27-2)19-20-16-10(17)5-9(21(23)24)6-13(16)22(25)26/h5-8,18H,4H2,1-3H3. The van der Waals surface area contributed by atoms with Crippen LogP contribution in [0.2, 0.25) is 5.02 Å². The van der Waals surface area contributed by atoms with Crippen molar-refractivity contribution in [1.29, 1.82) is 0 Å². The summed E-state index contributed by atoms with van der Waals surface area (Å²) in [5.74, 6) is 0.794. The van der Waals surface area contributed by atoms with E-state index in [-0.39, 0.29) is 16.4 Å². The van der Waals surface area contributed by atoms with Gasteiger partial charge in [0.2, 0.25) is 0 Å². The van der Waals surface area contributed by atoms with Gasteiger partial charge in [-0.05, 0) is 6.92 Å². The number of methoxy groups -OCH3 is 2. The molecule has 0 atom stereocenters. The Morgan fingerprint density at radius 3 is 2.25 bits per heavy atom. The molecule has 0 amide bonds. The number of benzene rings is 2. The van der Waals surface area contributed by atoms with Crippen LogP contribution in [0.3, 0.4) is 0 Å². The third-order valence-corrected chi connectivity index (χ3v) is 3.85. The lowest BCUT2D eigenvalue weighted by molar-refractivity contribution is -0.393. The minimum Gasteiger partial charge on any atom is -0.495 e. The van der Waals surface area contributed by atoms with Gasteiger partial charge in [-0.3, -0.25) is 20.2 Å². The molecule has 28 heavy (non-hydrogen) atoms. The van der Waals surface area contributed by atoms with Crippen molar-refractivity contribution in [3.8, 4) is 11.5 Å². The van der Waals surface area contributed by atoms with E-state index in [1.54, 1.807) is 6.07 Å². The monoisotopic (exact) mass is 409 g/mol. The number of nitro benzene ring substituents is 2. The van der Waals surface area contributed by atoms with Crippen molar-refractivity contribution in [3.05, 3.63) is 49.5 Å². The maximum atomic E-state index is 11.3. The van der Waals surface area contributed by atoms with Crippen LogP contribution in [0, 0.1) is 20.2 Å². The summed E-state index contributed by atoms with van der Waals surface area (Å²) in [5, 5.41) is 32.8. The maximum Gasteiger partial charge on any atom is 0.305 e. The highest BCUT2D eigenvalue weighted by Crippen LogP contribution is 2.42. The van der Waals surface area contributed by atoms with Crippen LogP contribution < -0.4 is 14.8 Å². The number of hydrogen-bond acceptors (Lipinski definition) is 9. The van der Waals surface area contributed by atoms with Crippen molar-refractivity contribution in [2.24, 2.45) is 10.2 Å². The van der Waals surface area contributed by atoms with E-state index in [9.17, 15) is 20.2 Å². The van der Waals surface area contributed by atoms with Crippen LogP contribution in [0.1, 0.15) is 6.92 Å². The van der Waals surface area contributed by atoms with Crippen molar-refractivity contribution in [2.45, 2.75) is 6.92 Å². The average Bonchev–Trinajstić information content (AvgIpc) is 2.66. The Labute approximate surface area is 164 Å². The van der Waals surface area contributed by atoms with E-state index >= 15 is 0 Å². The Kier molecular flexibility index (Phi) is 6.66. The van der Waals surface area contributed by atoms with Gasteiger partial charge in [0.15, 0.2) is 5.69 Å². The molecule has 0 radical (unpaired) electrons. The lowest BCUT2D eigenvalue weighted by atomic mass is 10.2. The van der Waals surface area contributed by atoms with Crippen molar-refractivity contribution in [3.63, 3.8) is 0 Å². The summed E-state index contributed by atoms with van der Waals surface area (Å²) in [4.78, 5) is 20.6. The molecule has 12 heteroatoms. The molecule has 0 heterocycles. The van der Waals surface area contributed by atoms with Gasteiger partial charge in [-0.2, -0.15) is 0 Å². The van der Waals surface area contributed by atoms with Gasteiger partial charge in [0.25, 0.3) is 5.69 Å². The number of azo groups is 1. The summed E-state index contributed by atoms with van der Waals surface area (Å²) in [5.41, 5.74) is -0.582. The zero-order valence-electron chi connectivity index (χ0n) is 15.1. The molecule has 1 N–H and O–H groups in total. The summed E-state index contributed by atoms with van der Waals surface area (Å²) < 4.78 is 10.6. The number of anilines is 1. The molecule has 2 aromatic rings. The molecule has 0 unspecified atom stereocenters. The van der Waals surface area contributed by atoms with Crippen molar-refractivity contribution < 1.29 is 19.3 Å². The van der Waals surface area contributed by atoms with Gasteiger partial charge in [0.1, 0.15) is 17.2 Å².